The molecule has 2 aromatic carbocycles. The van der Waals surface area contributed by atoms with Gasteiger partial charge in [0, 0.05) is 0 Å². The summed E-state index contributed by atoms with van der Waals surface area (Å²) in [5, 5.41) is 10.5. The Morgan fingerprint density at radius 2 is 0.815 bits per heavy atom. The van der Waals surface area contributed by atoms with Gasteiger partial charge in [-0.05, 0) is 11.1 Å². The third kappa shape index (κ3) is 2.95. The van der Waals surface area contributed by atoms with Crippen molar-refractivity contribution in [1.29, 1.82) is 0 Å². The first-order chi connectivity index (χ1) is 12.2. The third-order valence-electron chi connectivity index (χ3n) is 3.98. The van der Waals surface area contributed by atoms with Crippen LogP contribution in [0.1, 0.15) is 11.1 Å². The van der Waals surface area contributed by atoms with Crippen molar-refractivity contribution in [2.75, 3.05) is 0 Å². The van der Waals surface area contributed by atoms with E-state index in [4.69, 9.17) is 0 Å². The van der Waals surface area contributed by atoms with Crippen LogP contribution in [0.25, 0.3) is 0 Å². The van der Waals surface area contributed by atoms with Crippen LogP contribution in [0.3, 0.4) is 0 Å². The summed E-state index contributed by atoms with van der Waals surface area (Å²) in [7, 11) is 0. The lowest BCUT2D eigenvalue weighted by molar-refractivity contribution is -0.415. The quantitative estimate of drug-likeness (QED) is 0.665. The lowest BCUT2D eigenvalue weighted by Gasteiger charge is -2.43. The summed E-state index contributed by atoms with van der Waals surface area (Å²) in [6.07, 6.45) is -6.98. The Bertz CT molecular complexity index is 730. The minimum atomic E-state index is -7.11. The predicted octanol–water partition coefficient (Wildman–Crippen LogP) is 5.39. The molecule has 10 heteroatoms. The average molecular weight is 402 g/mol. The molecule has 0 aliphatic rings. The van der Waals surface area contributed by atoms with Gasteiger partial charge in [0.1, 0.15) is 0 Å². The molecule has 0 saturated heterocycles. The zero-order valence-electron chi connectivity index (χ0n) is 13.1. The summed E-state index contributed by atoms with van der Waals surface area (Å²) < 4.78 is 121. The number of alkyl halides is 9. The van der Waals surface area contributed by atoms with E-state index in [1.807, 2.05) is 0 Å². The molecule has 0 atom stereocenters. The Balaban J connectivity index is 2.80. The molecule has 0 bridgehead atoms. The van der Waals surface area contributed by atoms with E-state index < -0.39 is 40.7 Å². The van der Waals surface area contributed by atoms with Crippen molar-refractivity contribution < 1.29 is 44.6 Å². The van der Waals surface area contributed by atoms with E-state index in [9.17, 15) is 44.6 Å². The van der Waals surface area contributed by atoms with E-state index in [1.165, 1.54) is 12.1 Å². The summed E-state index contributed by atoms with van der Waals surface area (Å²) in [6.45, 7) is 0. The molecule has 2 rings (SSSR count). The van der Waals surface area contributed by atoms with Crippen LogP contribution in [0, 0.1) is 0 Å². The van der Waals surface area contributed by atoms with Crippen LogP contribution in [0.4, 0.5) is 39.5 Å². The van der Waals surface area contributed by atoms with Crippen molar-refractivity contribution in [3.63, 3.8) is 0 Å². The maximum Gasteiger partial charge on any atom is 0.460 e. The van der Waals surface area contributed by atoms with Gasteiger partial charge < -0.3 is 5.11 Å². The second kappa shape index (κ2) is 6.43. The number of aliphatic hydroxyl groups is 1. The highest BCUT2D eigenvalue weighted by Crippen LogP contribution is 2.59. The van der Waals surface area contributed by atoms with E-state index in [-0.39, 0.29) is 0 Å². The lowest BCUT2D eigenvalue weighted by Crippen LogP contribution is -2.67. The Morgan fingerprint density at radius 3 is 1.11 bits per heavy atom. The molecule has 0 fully saturated rings. The molecule has 148 valence electrons. The first kappa shape index (κ1) is 21.1. The summed E-state index contributed by atoms with van der Waals surface area (Å²) >= 11 is 0. The molecule has 0 amide bonds. The standard InChI is InChI=1S/C17H11F9O/c18-14(19,15(20,21)16(22,23)17(24,25)26)13(27,11-7-3-1-4-8-11)12-9-5-2-6-10-12/h1-10,27H. The van der Waals surface area contributed by atoms with Crippen LogP contribution in [-0.2, 0) is 5.60 Å². The molecule has 1 nitrogen and oxygen atoms in total. The van der Waals surface area contributed by atoms with Crippen LogP contribution in [-0.4, -0.2) is 29.1 Å². The molecule has 0 unspecified atom stereocenters. The molecule has 0 aromatic heterocycles. The zero-order valence-corrected chi connectivity index (χ0v) is 13.1. The SMILES string of the molecule is OC(c1ccccc1)(c1ccccc1)C(F)(F)C(F)(F)C(F)(F)C(F)(F)F. The van der Waals surface area contributed by atoms with Gasteiger partial charge >= 0.3 is 23.9 Å². The lowest BCUT2D eigenvalue weighted by atomic mass is 9.77. The van der Waals surface area contributed by atoms with Crippen LogP contribution < -0.4 is 0 Å². The van der Waals surface area contributed by atoms with Crippen molar-refractivity contribution in [2.24, 2.45) is 0 Å². The molecular weight excluding hydrogens is 391 g/mol. The Morgan fingerprint density at radius 1 is 0.481 bits per heavy atom. The van der Waals surface area contributed by atoms with Gasteiger partial charge in [0.05, 0.1) is 0 Å². The van der Waals surface area contributed by atoms with E-state index in [2.05, 4.69) is 0 Å². The highest BCUT2D eigenvalue weighted by Gasteiger charge is 2.86. The molecular formula is C17H11F9O. The predicted molar refractivity (Wildman–Crippen MR) is 76.8 cm³/mol. The van der Waals surface area contributed by atoms with Gasteiger partial charge in [-0.3, -0.25) is 0 Å². The van der Waals surface area contributed by atoms with Gasteiger partial charge in [-0.15, -0.1) is 0 Å². The molecule has 0 saturated carbocycles. The average Bonchev–Trinajstić information content (AvgIpc) is 2.61. The molecule has 0 aliphatic heterocycles. The minimum Gasteiger partial charge on any atom is -0.374 e. The number of halogens is 9. The van der Waals surface area contributed by atoms with Crippen molar-refractivity contribution in [2.45, 2.75) is 29.5 Å². The maximum atomic E-state index is 14.7. The molecule has 0 spiro atoms. The van der Waals surface area contributed by atoms with Gasteiger partial charge in [0.2, 0.25) is 0 Å². The van der Waals surface area contributed by atoms with Gasteiger partial charge in [-0.25, -0.2) is 0 Å². The van der Waals surface area contributed by atoms with Gasteiger partial charge in [-0.1, -0.05) is 60.7 Å². The van der Waals surface area contributed by atoms with E-state index >= 15 is 0 Å². The van der Waals surface area contributed by atoms with Crippen molar-refractivity contribution >= 4 is 0 Å². The highest BCUT2D eigenvalue weighted by atomic mass is 19.4. The number of benzene rings is 2. The minimum absolute atomic E-state index is 0.711. The topological polar surface area (TPSA) is 20.2 Å². The number of rotatable bonds is 5. The second-order valence-electron chi connectivity index (χ2n) is 5.66. The molecule has 1 N–H and O–H groups in total. The molecule has 0 heterocycles. The van der Waals surface area contributed by atoms with Crippen LogP contribution in [0.2, 0.25) is 0 Å². The van der Waals surface area contributed by atoms with Crippen LogP contribution in [0.15, 0.2) is 60.7 Å². The van der Waals surface area contributed by atoms with Gasteiger partial charge in [-0.2, -0.15) is 39.5 Å². The molecule has 0 aliphatic carbocycles. The molecule has 0 radical (unpaired) electrons. The third-order valence-corrected chi connectivity index (χ3v) is 3.98. The molecule has 2 aromatic rings. The smallest absolute Gasteiger partial charge is 0.374 e. The fourth-order valence-corrected chi connectivity index (χ4v) is 2.49. The summed E-state index contributed by atoms with van der Waals surface area (Å²) in [5.74, 6) is -20.3. The second-order valence-corrected chi connectivity index (χ2v) is 5.66. The van der Waals surface area contributed by atoms with E-state index in [0.717, 1.165) is 24.3 Å². The first-order valence-corrected chi connectivity index (χ1v) is 7.25. The van der Waals surface area contributed by atoms with Crippen LogP contribution >= 0.6 is 0 Å². The summed E-state index contributed by atoms with van der Waals surface area (Å²) in [6, 6.07) is 9.44. The Kier molecular flexibility index (Phi) is 5.02. The highest BCUT2D eigenvalue weighted by molar-refractivity contribution is 5.40. The molecule has 27 heavy (non-hydrogen) atoms. The summed E-state index contributed by atoms with van der Waals surface area (Å²) in [4.78, 5) is 0. The zero-order chi connectivity index (χ0) is 20.7. The Hall–Kier alpha value is -2.23. The van der Waals surface area contributed by atoms with Crippen molar-refractivity contribution in [3.8, 4) is 0 Å². The largest absolute Gasteiger partial charge is 0.460 e. The normalized spacial score (nSPS) is 14.3. The van der Waals surface area contributed by atoms with E-state index in [0.29, 0.717) is 24.3 Å². The maximum absolute atomic E-state index is 14.7. The first-order valence-electron chi connectivity index (χ1n) is 7.25. The van der Waals surface area contributed by atoms with Crippen LogP contribution in [0.5, 0.6) is 0 Å². The Labute approximate surface area is 147 Å². The number of hydrogen-bond donors (Lipinski definition) is 1. The van der Waals surface area contributed by atoms with E-state index in [1.54, 1.807) is 0 Å². The van der Waals surface area contributed by atoms with Gasteiger partial charge in [0.25, 0.3) is 0 Å². The van der Waals surface area contributed by atoms with Crippen molar-refractivity contribution in [3.05, 3.63) is 71.8 Å². The van der Waals surface area contributed by atoms with Gasteiger partial charge in [0.15, 0.2) is 5.60 Å². The number of hydrogen-bond acceptors (Lipinski definition) is 1. The summed E-state index contributed by atoms with van der Waals surface area (Å²) in [5.41, 5.74) is -6.15. The fraction of sp³-hybridized carbons (Fsp3) is 0.294. The van der Waals surface area contributed by atoms with Crippen molar-refractivity contribution in [1.82, 2.24) is 0 Å². The monoisotopic (exact) mass is 402 g/mol. The fourth-order valence-electron chi connectivity index (χ4n) is 2.49.